The van der Waals surface area contributed by atoms with E-state index in [0.29, 0.717) is 0 Å². The molecule has 2 aliphatic heterocycles. The van der Waals surface area contributed by atoms with Crippen LogP contribution in [0.5, 0.6) is 0 Å². The van der Waals surface area contributed by atoms with Crippen molar-refractivity contribution in [2.45, 2.75) is 56.9 Å². The molecule has 0 aromatic carbocycles. The van der Waals surface area contributed by atoms with E-state index in [1.807, 2.05) is 0 Å². The maximum atomic E-state index is 13.8. The quantitative estimate of drug-likeness (QED) is 0.848. The first-order valence-electron chi connectivity index (χ1n) is 6.63. The van der Waals surface area contributed by atoms with Crippen molar-refractivity contribution in [3.8, 4) is 0 Å². The minimum Gasteiger partial charge on any atom is -0.342 e. The number of hydrogen-bond acceptors (Lipinski definition) is 4. The third-order valence-electron chi connectivity index (χ3n) is 4.04. The molecule has 1 aliphatic carbocycles. The highest BCUT2D eigenvalue weighted by molar-refractivity contribution is 6.40. The number of ketones is 1. The first-order chi connectivity index (χ1) is 8.94. The molecule has 1 N–H and O–H groups in total. The summed E-state index contributed by atoms with van der Waals surface area (Å²) >= 11 is 0. The number of alkyl halides is 3. The molecule has 0 amide bonds. The van der Waals surface area contributed by atoms with Crippen LogP contribution in [0.1, 0.15) is 32.6 Å². The molecule has 0 aromatic heterocycles. The van der Waals surface area contributed by atoms with E-state index in [-0.39, 0.29) is 30.4 Å². The van der Waals surface area contributed by atoms with Crippen LogP contribution in [0, 0.1) is 5.92 Å². The van der Waals surface area contributed by atoms with Gasteiger partial charge in [0.05, 0.1) is 0 Å². The van der Waals surface area contributed by atoms with Crippen LogP contribution in [0.4, 0.5) is 13.2 Å². The van der Waals surface area contributed by atoms with Crippen LogP contribution in [-0.2, 0) is 4.79 Å². The zero-order valence-electron chi connectivity index (χ0n) is 10.6. The number of rotatable bonds is 4. The molecule has 1 saturated heterocycles. The summed E-state index contributed by atoms with van der Waals surface area (Å²) in [5.74, 6) is -3.19. The molecule has 106 valence electrons. The minimum absolute atomic E-state index is 0.0479. The number of carbonyl (C=O) groups is 1. The normalized spacial score (nSPS) is 34.0. The third kappa shape index (κ3) is 1.99. The van der Waals surface area contributed by atoms with Gasteiger partial charge in [-0.25, -0.2) is 13.2 Å². The molecule has 2 heterocycles. The van der Waals surface area contributed by atoms with Crippen molar-refractivity contribution in [1.82, 2.24) is 10.3 Å². The highest BCUT2D eigenvalue weighted by Gasteiger charge is 2.55. The number of hydrazone groups is 1. The zero-order valence-corrected chi connectivity index (χ0v) is 10.6. The van der Waals surface area contributed by atoms with Crippen LogP contribution in [0.2, 0.25) is 0 Å². The standard InChI is InChI=1S/C12H16F3N3O/c1-2-12(14,15)8-5-7(13)11-16-10(17-18(8)11)9(19)6-3-4-6/h6-8,11H,2-5H2,1H3,(H,16,17)/t7-,8-,11?/m1/s1. The maximum absolute atomic E-state index is 13.8. The van der Waals surface area contributed by atoms with Gasteiger partial charge in [-0.15, -0.1) is 0 Å². The van der Waals surface area contributed by atoms with Gasteiger partial charge in [0.15, 0.2) is 5.84 Å². The summed E-state index contributed by atoms with van der Waals surface area (Å²) in [6, 6.07) is -1.27. The Labute approximate surface area is 109 Å². The molecule has 3 rings (SSSR count). The second kappa shape index (κ2) is 4.11. The average molecular weight is 275 g/mol. The third-order valence-corrected chi connectivity index (χ3v) is 4.04. The van der Waals surface area contributed by atoms with Crippen molar-refractivity contribution in [3.05, 3.63) is 0 Å². The number of nitrogens with zero attached hydrogens (tertiary/aromatic N) is 2. The number of nitrogens with one attached hydrogen (secondary N) is 1. The minimum atomic E-state index is -3.00. The van der Waals surface area contributed by atoms with E-state index >= 15 is 0 Å². The maximum Gasteiger partial charge on any atom is 0.269 e. The fourth-order valence-corrected chi connectivity index (χ4v) is 2.64. The van der Waals surface area contributed by atoms with Gasteiger partial charge < -0.3 is 5.32 Å². The van der Waals surface area contributed by atoms with Gasteiger partial charge in [-0.05, 0) is 12.8 Å². The Morgan fingerprint density at radius 1 is 1.53 bits per heavy atom. The lowest BCUT2D eigenvalue weighted by Crippen LogP contribution is -2.45. The Bertz CT molecular complexity index is 436. The Balaban J connectivity index is 1.82. The van der Waals surface area contributed by atoms with E-state index in [2.05, 4.69) is 10.4 Å². The Morgan fingerprint density at radius 2 is 2.21 bits per heavy atom. The lowest BCUT2D eigenvalue weighted by molar-refractivity contribution is -0.114. The van der Waals surface area contributed by atoms with Crippen LogP contribution >= 0.6 is 0 Å². The number of carbonyl (C=O) groups excluding carboxylic acids is 1. The SMILES string of the molecule is CCC(F)(F)[C@H]1C[C@@H](F)C2NC(C(=O)C3CC3)=NN21. The number of fused-ring (bicyclic) bond motifs is 1. The van der Waals surface area contributed by atoms with Gasteiger partial charge in [0.2, 0.25) is 5.78 Å². The van der Waals surface area contributed by atoms with Gasteiger partial charge in [0.1, 0.15) is 18.4 Å². The van der Waals surface area contributed by atoms with Crippen LogP contribution in [0.25, 0.3) is 0 Å². The molecule has 1 saturated carbocycles. The lowest BCUT2D eigenvalue weighted by Gasteiger charge is -2.27. The Hall–Kier alpha value is -1.27. The Morgan fingerprint density at radius 3 is 2.79 bits per heavy atom. The van der Waals surface area contributed by atoms with Crippen LogP contribution < -0.4 is 5.32 Å². The fourth-order valence-electron chi connectivity index (χ4n) is 2.64. The van der Waals surface area contributed by atoms with E-state index in [0.717, 1.165) is 17.9 Å². The Kier molecular flexibility index (Phi) is 2.76. The van der Waals surface area contributed by atoms with Crippen LogP contribution in [0.3, 0.4) is 0 Å². The van der Waals surface area contributed by atoms with Crippen molar-refractivity contribution in [2.75, 3.05) is 0 Å². The number of Topliss-reactive ketones (excluding diaryl/α,β-unsaturated/α-hetero) is 1. The fraction of sp³-hybridized carbons (Fsp3) is 0.833. The van der Waals surface area contributed by atoms with Crippen LogP contribution in [-0.4, -0.2) is 40.9 Å². The van der Waals surface area contributed by atoms with Crippen molar-refractivity contribution >= 4 is 11.6 Å². The molecule has 0 aromatic rings. The van der Waals surface area contributed by atoms with E-state index < -0.39 is 24.3 Å². The number of amidine groups is 1. The molecule has 3 aliphatic rings. The van der Waals surface area contributed by atoms with Gasteiger partial charge in [0.25, 0.3) is 5.92 Å². The van der Waals surface area contributed by atoms with Crippen molar-refractivity contribution < 1.29 is 18.0 Å². The molecule has 2 fully saturated rings. The second-order valence-electron chi connectivity index (χ2n) is 5.44. The summed E-state index contributed by atoms with van der Waals surface area (Å²) in [6.07, 6.45) is -1.37. The first-order valence-corrected chi connectivity index (χ1v) is 6.63. The summed E-state index contributed by atoms with van der Waals surface area (Å²) in [6.45, 7) is 1.37. The lowest BCUT2D eigenvalue weighted by atomic mass is 10.1. The van der Waals surface area contributed by atoms with Gasteiger partial charge in [-0.1, -0.05) is 6.92 Å². The molecule has 1 unspecified atom stereocenters. The monoisotopic (exact) mass is 275 g/mol. The van der Waals surface area contributed by atoms with Gasteiger partial charge in [-0.2, -0.15) is 5.10 Å². The van der Waals surface area contributed by atoms with E-state index in [9.17, 15) is 18.0 Å². The van der Waals surface area contributed by atoms with Gasteiger partial charge in [0, 0.05) is 18.8 Å². The molecule has 0 spiro atoms. The number of hydrogen-bond donors (Lipinski definition) is 1. The highest BCUT2D eigenvalue weighted by Crippen LogP contribution is 2.40. The summed E-state index contributed by atoms with van der Waals surface area (Å²) in [5.41, 5.74) is 0. The molecule has 4 nitrogen and oxygen atoms in total. The second-order valence-corrected chi connectivity index (χ2v) is 5.44. The van der Waals surface area contributed by atoms with E-state index in [1.165, 1.54) is 6.92 Å². The highest BCUT2D eigenvalue weighted by atomic mass is 19.3. The van der Waals surface area contributed by atoms with Crippen molar-refractivity contribution in [1.29, 1.82) is 0 Å². The van der Waals surface area contributed by atoms with E-state index in [4.69, 9.17) is 0 Å². The summed E-state index contributed by atoms with van der Waals surface area (Å²) in [7, 11) is 0. The van der Waals surface area contributed by atoms with Crippen LogP contribution in [0.15, 0.2) is 5.10 Å². The first kappa shape index (κ1) is 12.7. The molecule has 0 radical (unpaired) electrons. The summed E-state index contributed by atoms with van der Waals surface area (Å²) in [5, 5.41) is 7.65. The average Bonchev–Trinajstić information content (AvgIpc) is 3.05. The summed E-state index contributed by atoms with van der Waals surface area (Å²) < 4.78 is 41.4. The van der Waals surface area contributed by atoms with Crippen molar-refractivity contribution in [3.63, 3.8) is 0 Å². The van der Waals surface area contributed by atoms with Gasteiger partial charge >= 0.3 is 0 Å². The molecular formula is C12H16F3N3O. The van der Waals surface area contributed by atoms with E-state index in [1.54, 1.807) is 0 Å². The topological polar surface area (TPSA) is 44.7 Å². The van der Waals surface area contributed by atoms with Crippen molar-refractivity contribution in [2.24, 2.45) is 11.0 Å². The summed E-state index contributed by atoms with van der Waals surface area (Å²) in [4.78, 5) is 11.8. The molecule has 19 heavy (non-hydrogen) atoms. The smallest absolute Gasteiger partial charge is 0.269 e. The predicted octanol–water partition coefficient (Wildman–Crippen LogP) is 1.67. The number of halogens is 3. The largest absolute Gasteiger partial charge is 0.342 e. The van der Waals surface area contributed by atoms with Gasteiger partial charge in [-0.3, -0.25) is 9.80 Å². The zero-order chi connectivity index (χ0) is 13.8. The predicted molar refractivity (Wildman–Crippen MR) is 62.5 cm³/mol. The molecule has 0 bridgehead atoms. The molecule has 7 heteroatoms. The molecular weight excluding hydrogens is 259 g/mol. The molecule has 3 atom stereocenters.